The molecule has 2 atom stereocenters. The van der Waals surface area contributed by atoms with E-state index in [0.717, 1.165) is 17.9 Å². The van der Waals surface area contributed by atoms with Crippen LogP contribution in [0.3, 0.4) is 0 Å². The van der Waals surface area contributed by atoms with Crippen molar-refractivity contribution in [2.45, 2.75) is 51.6 Å². The molecule has 0 amide bonds. The molecule has 1 aliphatic rings. The standard InChI is InChI=1S/C12H19NO/c1-3-10-7-8-12(14-10)11-6-4-5-9(2)13-11/h7-9,11,13H,3-6H2,1-2H3. The molecule has 0 aromatic carbocycles. The highest BCUT2D eigenvalue weighted by Crippen LogP contribution is 2.26. The van der Waals surface area contributed by atoms with Crippen molar-refractivity contribution in [1.29, 1.82) is 0 Å². The summed E-state index contributed by atoms with van der Waals surface area (Å²) >= 11 is 0. The normalized spacial score (nSPS) is 27.9. The molecule has 2 unspecified atom stereocenters. The van der Waals surface area contributed by atoms with Gasteiger partial charge in [0, 0.05) is 12.5 Å². The van der Waals surface area contributed by atoms with Crippen LogP contribution in [0.25, 0.3) is 0 Å². The molecular weight excluding hydrogens is 174 g/mol. The van der Waals surface area contributed by atoms with Crippen LogP contribution in [0, 0.1) is 0 Å². The van der Waals surface area contributed by atoms with Crippen LogP contribution in [-0.2, 0) is 6.42 Å². The largest absolute Gasteiger partial charge is 0.464 e. The van der Waals surface area contributed by atoms with Gasteiger partial charge in [0.1, 0.15) is 11.5 Å². The summed E-state index contributed by atoms with van der Waals surface area (Å²) in [5.74, 6) is 2.22. The lowest BCUT2D eigenvalue weighted by atomic mass is 9.98. The Hall–Kier alpha value is -0.760. The van der Waals surface area contributed by atoms with E-state index in [-0.39, 0.29) is 0 Å². The van der Waals surface area contributed by atoms with Crippen molar-refractivity contribution in [3.05, 3.63) is 23.7 Å². The fourth-order valence-corrected chi connectivity index (χ4v) is 2.13. The summed E-state index contributed by atoms with van der Waals surface area (Å²) in [6.07, 6.45) is 4.79. The smallest absolute Gasteiger partial charge is 0.121 e. The number of rotatable bonds is 2. The van der Waals surface area contributed by atoms with Crippen LogP contribution < -0.4 is 5.32 Å². The Kier molecular flexibility index (Phi) is 2.92. The van der Waals surface area contributed by atoms with E-state index in [1.165, 1.54) is 19.3 Å². The zero-order valence-corrected chi connectivity index (χ0v) is 9.05. The van der Waals surface area contributed by atoms with Crippen molar-refractivity contribution in [3.63, 3.8) is 0 Å². The van der Waals surface area contributed by atoms with E-state index in [2.05, 4.69) is 31.3 Å². The average Bonchev–Trinajstić information content (AvgIpc) is 2.66. The molecule has 14 heavy (non-hydrogen) atoms. The summed E-state index contributed by atoms with van der Waals surface area (Å²) in [4.78, 5) is 0. The SMILES string of the molecule is CCc1ccc(C2CCCC(C)N2)o1. The molecule has 1 saturated heterocycles. The van der Waals surface area contributed by atoms with E-state index in [4.69, 9.17) is 4.42 Å². The van der Waals surface area contributed by atoms with Gasteiger partial charge in [0.15, 0.2) is 0 Å². The van der Waals surface area contributed by atoms with Gasteiger partial charge in [-0.1, -0.05) is 6.92 Å². The van der Waals surface area contributed by atoms with Gasteiger partial charge in [-0.05, 0) is 38.3 Å². The molecule has 1 aromatic rings. The molecule has 2 nitrogen and oxygen atoms in total. The Morgan fingerprint density at radius 1 is 1.43 bits per heavy atom. The average molecular weight is 193 g/mol. The zero-order valence-electron chi connectivity index (χ0n) is 9.05. The molecular formula is C12H19NO. The van der Waals surface area contributed by atoms with Crippen molar-refractivity contribution >= 4 is 0 Å². The van der Waals surface area contributed by atoms with Crippen LogP contribution in [-0.4, -0.2) is 6.04 Å². The van der Waals surface area contributed by atoms with Gasteiger partial charge in [-0.15, -0.1) is 0 Å². The van der Waals surface area contributed by atoms with Crippen LogP contribution in [0.4, 0.5) is 0 Å². The Balaban J connectivity index is 2.06. The summed E-state index contributed by atoms with van der Waals surface area (Å²) in [6, 6.07) is 5.29. The van der Waals surface area contributed by atoms with Crippen LogP contribution in [0.2, 0.25) is 0 Å². The first kappa shape index (κ1) is 9.78. The predicted octanol–water partition coefficient (Wildman–Crippen LogP) is 3.05. The van der Waals surface area contributed by atoms with Crippen LogP contribution in [0.15, 0.2) is 16.5 Å². The summed E-state index contributed by atoms with van der Waals surface area (Å²) in [6.45, 7) is 4.37. The maximum Gasteiger partial charge on any atom is 0.121 e. The van der Waals surface area contributed by atoms with Gasteiger partial charge in [0.05, 0.1) is 6.04 Å². The fourth-order valence-electron chi connectivity index (χ4n) is 2.13. The molecule has 0 spiro atoms. The number of hydrogen-bond donors (Lipinski definition) is 1. The molecule has 2 heteroatoms. The van der Waals surface area contributed by atoms with E-state index < -0.39 is 0 Å². The summed E-state index contributed by atoms with van der Waals surface area (Å²) in [7, 11) is 0. The van der Waals surface area contributed by atoms with Crippen LogP contribution in [0.1, 0.15) is 50.7 Å². The second-order valence-corrected chi connectivity index (χ2v) is 4.21. The van der Waals surface area contributed by atoms with Gasteiger partial charge in [-0.25, -0.2) is 0 Å². The third kappa shape index (κ3) is 2.01. The highest BCUT2D eigenvalue weighted by molar-refractivity contribution is 5.11. The van der Waals surface area contributed by atoms with Crippen molar-refractivity contribution in [2.75, 3.05) is 0 Å². The molecule has 0 saturated carbocycles. The minimum Gasteiger partial charge on any atom is -0.464 e. The highest BCUT2D eigenvalue weighted by Gasteiger charge is 2.21. The number of piperidine rings is 1. The third-order valence-electron chi connectivity index (χ3n) is 2.99. The summed E-state index contributed by atoms with van der Waals surface area (Å²) in [5.41, 5.74) is 0. The van der Waals surface area contributed by atoms with Gasteiger partial charge in [-0.3, -0.25) is 0 Å². The number of furan rings is 1. The highest BCUT2D eigenvalue weighted by atomic mass is 16.3. The first-order valence-corrected chi connectivity index (χ1v) is 5.64. The van der Waals surface area contributed by atoms with E-state index >= 15 is 0 Å². The second-order valence-electron chi connectivity index (χ2n) is 4.21. The molecule has 0 radical (unpaired) electrons. The van der Waals surface area contributed by atoms with Gasteiger partial charge >= 0.3 is 0 Å². The Bertz CT molecular complexity index is 292. The third-order valence-corrected chi connectivity index (χ3v) is 2.99. The Morgan fingerprint density at radius 3 is 2.93 bits per heavy atom. The van der Waals surface area contributed by atoms with E-state index in [1.54, 1.807) is 0 Å². The molecule has 1 aromatic heterocycles. The molecule has 2 heterocycles. The number of nitrogens with one attached hydrogen (secondary N) is 1. The van der Waals surface area contributed by atoms with Gasteiger partial charge in [0.25, 0.3) is 0 Å². The first-order valence-electron chi connectivity index (χ1n) is 5.64. The molecule has 0 bridgehead atoms. The lowest BCUT2D eigenvalue weighted by Crippen LogP contribution is -2.34. The molecule has 78 valence electrons. The monoisotopic (exact) mass is 193 g/mol. The molecule has 1 aliphatic heterocycles. The van der Waals surface area contributed by atoms with Crippen LogP contribution >= 0.6 is 0 Å². The minimum absolute atomic E-state index is 0.444. The van der Waals surface area contributed by atoms with Gasteiger partial charge < -0.3 is 9.73 Å². The lowest BCUT2D eigenvalue weighted by Gasteiger charge is -2.27. The molecule has 1 N–H and O–H groups in total. The van der Waals surface area contributed by atoms with E-state index in [1.807, 2.05) is 0 Å². The lowest BCUT2D eigenvalue weighted by molar-refractivity contribution is 0.296. The maximum atomic E-state index is 5.76. The Morgan fingerprint density at radius 2 is 2.29 bits per heavy atom. The zero-order chi connectivity index (χ0) is 9.97. The molecule has 0 aliphatic carbocycles. The Labute approximate surface area is 85.7 Å². The summed E-state index contributed by atoms with van der Waals surface area (Å²) < 4.78 is 5.76. The van der Waals surface area contributed by atoms with Crippen LogP contribution in [0.5, 0.6) is 0 Å². The molecule has 1 fully saturated rings. The summed E-state index contributed by atoms with van der Waals surface area (Å²) in [5, 5.41) is 3.58. The van der Waals surface area contributed by atoms with E-state index in [9.17, 15) is 0 Å². The van der Waals surface area contributed by atoms with Crippen molar-refractivity contribution in [3.8, 4) is 0 Å². The molecule has 2 rings (SSSR count). The van der Waals surface area contributed by atoms with E-state index in [0.29, 0.717) is 12.1 Å². The minimum atomic E-state index is 0.444. The number of hydrogen-bond acceptors (Lipinski definition) is 2. The van der Waals surface area contributed by atoms with Crippen molar-refractivity contribution in [1.82, 2.24) is 5.32 Å². The predicted molar refractivity (Wildman–Crippen MR) is 57.3 cm³/mol. The van der Waals surface area contributed by atoms with Crippen molar-refractivity contribution in [2.24, 2.45) is 0 Å². The topological polar surface area (TPSA) is 25.2 Å². The van der Waals surface area contributed by atoms with Crippen molar-refractivity contribution < 1.29 is 4.42 Å². The van der Waals surface area contributed by atoms with Gasteiger partial charge in [0.2, 0.25) is 0 Å². The first-order chi connectivity index (χ1) is 6.79. The fraction of sp³-hybridized carbons (Fsp3) is 0.667. The second kappa shape index (κ2) is 4.18. The quantitative estimate of drug-likeness (QED) is 0.781. The van der Waals surface area contributed by atoms with Gasteiger partial charge in [-0.2, -0.15) is 0 Å². The maximum absolute atomic E-state index is 5.76. The number of aryl methyl sites for hydroxylation is 1.